The van der Waals surface area contributed by atoms with Crippen molar-refractivity contribution in [3.05, 3.63) is 40.4 Å². The number of aromatic nitrogens is 3. The van der Waals surface area contributed by atoms with E-state index in [9.17, 15) is 0 Å². The molecule has 3 aromatic heterocycles. The predicted molar refractivity (Wildman–Crippen MR) is 77.2 cm³/mol. The van der Waals surface area contributed by atoms with Crippen molar-refractivity contribution >= 4 is 33.1 Å². The smallest absolute Gasteiger partial charge is 0.153 e. The average molecular weight is 321 g/mol. The average Bonchev–Trinajstić information content (AvgIpc) is 2.96. The molecule has 0 radical (unpaired) electrons. The Morgan fingerprint density at radius 2 is 2.22 bits per heavy atom. The van der Waals surface area contributed by atoms with Crippen LogP contribution in [0.25, 0.3) is 21.7 Å². The number of pyridine rings is 1. The monoisotopic (exact) mass is 320 g/mol. The minimum atomic E-state index is 0.485. The molecule has 4 nitrogen and oxygen atoms in total. The fourth-order valence-electron chi connectivity index (χ4n) is 1.80. The van der Waals surface area contributed by atoms with Gasteiger partial charge < -0.3 is 5.73 Å². The molecule has 0 saturated heterocycles. The number of hydrogen-bond acceptors (Lipinski definition) is 4. The zero-order chi connectivity index (χ0) is 12.5. The van der Waals surface area contributed by atoms with Gasteiger partial charge in [-0.25, -0.2) is 0 Å². The second-order valence-corrected chi connectivity index (χ2v) is 5.47. The van der Waals surface area contributed by atoms with Crippen molar-refractivity contribution in [1.82, 2.24) is 15.2 Å². The van der Waals surface area contributed by atoms with Gasteiger partial charge in [0.25, 0.3) is 0 Å². The van der Waals surface area contributed by atoms with E-state index >= 15 is 0 Å². The number of nitrogen functional groups attached to an aromatic ring is 1. The third kappa shape index (κ3) is 1.83. The Morgan fingerprint density at radius 1 is 1.33 bits per heavy atom. The maximum atomic E-state index is 5.95. The highest BCUT2D eigenvalue weighted by Crippen LogP contribution is 2.40. The lowest BCUT2D eigenvalue weighted by Gasteiger charge is -2.02. The molecule has 0 amide bonds. The third-order valence-electron chi connectivity index (χ3n) is 2.59. The van der Waals surface area contributed by atoms with Gasteiger partial charge in [-0.05, 0) is 33.4 Å². The van der Waals surface area contributed by atoms with Gasteiger partial charge >= 0.3 is 0 Å². The molecule has 0 bridgehead atoms. The molecule has 0 aliphatic carbocycles. The molecule has 0 spiro atoms. The summed E-state index contributed by atoms with van der Waals surface area (Å²) < 4.78 is 1.03. The van der Waals surface area contributed by atoms with Gasteiger partial charge in [-0.1, -0.05) is 6.07 Å². The Balaban J connectivity index is 2.22. The molecule has 0 aliphatic heterocycles. The van der Waals surface area contributed by atoms with E-state index in [1.165, 1.54) is 0 Å². The van der Waals surface area contributed by atoms with Crippen molar-refractivity contribution in [1.29, 1.82) is 0 Å². The molecule has 0 fully saturated rings. The molecule has 0 saturated carbocycles. The lowest BCUT2D eigenvalue weighted by atomic mass is 10.1. The van der Waals surface area contributed by atoms with Crippen LogP contribution in [0.3, 0.4) is 0 Å². The zero-order valence-electron chi connectivity index (χ0n) is 9.22. The van der Waals surface area contributed by atoms with Crippen LogP contribution in [0.2, 0.25) is 0 Å². The summed E-state index contributed by atoms with van der Waals surface area (Å²) in [5.41, 5.74) is 8.72. The summed E-state index contributed by atoms with van der Waals surface area (Å²) in [6, 6.07) is 5.86. The molecule has 3 heterocycles. The number of nitrogens with one attached hydrogen (secondary N) is 1. The first-order valence-electron chi connectivity index (χ1n) is 5.25. The molecule has 3 rings (SSSR count). The second kappa shape index (κ2) is 4.55. The Hall–Kier alpha value is -1.66. The van der Waals surface area contributed by atoms with E-state index in [1.807, 2.05) is 23.6 Å². The van der Waals surface area contributed by atoms with Crippen molar-refractivity contribution in [3.8, 4) is 21.7 Å². The largest absolute Gasteiger partial charge is 0.382 e. The molecule has 90 valence electrons. The van der Waals surface area contributed by atoms with Crippen LogP contribution in [0.5, 0.6) is 0 Å². The van der Waals surface area contributed by atoms with Crippen LogP contribution in [-0.2, 0) is 0 Å². The van der Waals surface area contributed by atoms with Crippen LogP contribution in [-0.4, -0.2) is 15.2 Å². The van der Waals surface area contributed by atoms with E-state index in [1.54, 1.807) is 23.7 Å². The molecular formula is C12H9BrN4S. The van der Waals surface area contributed by atoms with Gasteiger partial charge in [-0.2, -0.15) is 5.10 Å². The van der Waals surface area contributed by atoms with Gasteiger partial charge in [0.2, 0.25) is 0 Å². The molecule has 6 heteroatoms. The van der Waals surface area contributed by atoms with Gasteiger partial charge in [0.15, 0.2) is 5.82 Å². The summed E-state index contributed by atoms with van der Waals surface area (Å²) in [5.74, 6) is 0.485. The Kier molecular flexibility index (Phi) is 2.89. The quantitative estimate of drug-likeness (QED) is 0.758. The molecular weight excluding hydrogens is 312 g/mol. The van der Waals surface area contributed by atoms with Gasteiger partial charge in [0, 0.05) is 22.4 Å². The van der Waals surface area contributed by atoms with Crippen LogP contribution < -0.4 is 5.73 Å². The van der Waals surface area contributed by atoms with Crippen molar-refractivity contribution in [3.63, 3.8) is 0 Å². The maximum Gasteiger partial charge on any atom is 0.153 e. The summed E-state index contributed by atoms with van der Waals surface area (Å²) in [4.78, 5) is 5.20. The fraction of sp³-hybridized carbons (Fsp3) is 0. The van der Waals surface area contributed by atoms with E-state index in [0.717, 1.165) is 26.2 Å². The summed E-state index contributed by atoms with van der Waals surface area (Å²) in [5, 5.41) is 9.11. The maximum absolute atomic E-state index is 5.95. The molecule has 18 heavy (non-hydrogen) atoms. The highest BCUT2D eigenvalue weighted by molar-refractivity contribution is 9.10. The van der Waals surface area contributed by atoms with Gasteiger partial charge in [0.05, 0.1) is 16.1 Å². The molecule has 0 aliphatic rings. The van der Waals surface area contributed by atoms with Gasteiger partial charge in [-0.15, -0.1) is 11.3 Å². The first-order chi connectivity index (χ1) is 8.77. The Morgan fingerprint density at radius 3 is 2.89 bits per heavy atom. The number of rotatable bonds is 2. The number of halogens is 1. The highest BCUT2D eigenvalue weighted by Gasteiger charge is 2.17. The molecule has 0 unspecified atom stereocenters. The highest BCUT2D eigenvalue weighted by atomic mass is 79.9. The SMILES string of the molecule is Nc1n[nH]c(-c2sccc2Br)c1-c1cccnc1. The minimum absolute atomic E-state index is 0.485. The van der Waals surface area contributed by atoms with Crippen LogP contribution in [0.4, 0.5) is 5.82 Å². The first kappa shape index (κ1) is 11.4. The number of thiophene rings is 1. The van der Waals surface area contributed by atoms with Crippen molar-refractivity contribution in [2.24, 2.45) is 0 Å². The van der Waals surface area contributed by atoms with Crippen LogP contribution >= 0.6 is 27.3 Å². The Labute approximate surface area is 116 Å². The van der Waals surface area contributed by atoms with Crippen molar-refractivity contribution < 1.29 is 0 Å². The van der Waals surface area contributed by atoms with E-state index in [-0.39, 0.29) is 0 Å². The van der Waals surface area contributed by atoms with E-state index < -0.39 is 0 Å². The lowest BCUT2D eigenvalue weighted by molar-refractivity contribution is 1.10. The summed E-state index contributed by atoms with van der Waals surface area (Å²) >= 11 is 5.16. The summed E-state index contributed by atoms with van der Waals surface area (Å²) in [6.07, 6.45) is 3.52. The normalized spacial score (nSPS) is 10.7. The predicted octanol–water partition coefficient (Wildman–Crippen LogP) is 3.54. The van der Waals surface area contributed by atoms with Gasteiger partial charge in [-0.3, -0.25) is 10.1 Å². The summed E-state index contributed by atoms with van der Waals surface area (Å²) in [7, 11) is 0. The molecule has 0 aromatic carbocycles. The third-order valence-corrected chi connectivity index (χ3v) is 4.44. The standard InChI is InChI=1S/C12H9BrN4S/c13-8-3-5-18-11(8)10-9(12(14)17-16-10)7-2-1-4-15-6-7/h1-6H,(H3,14,16,17). The van der Waals surface area contributed by atoms with E-state index in [0.29, 0.717) is 5.82 Å². The van der Waals surface area contributed by atoms with E-state index in [2.05, 4.69) is 31.1 Å². The van der Waals surface area contributed by atoms with Gasteiger partial charge in [0.1, 0.15) is 0 Å². The number of H-pyrrole nitrogens is 1. The first-order valence-corrected chi connectivity index (χ1v) is 6.92. The fourth-order valence-corrected chi connectivity index (χ4v) is 3.37. The number of nitrogens with zero attached hydrogens (tertiary/aromatic N) is 2. The van der Waals surface area contributed by atoms with Crippen molar-refractivity contribution in [2.45, 2.75) is 0 Å². The van der Waals surface area contributed by atoms with E-state index in [4.69, 9.17) is 5.73 Å². The van der Waals surface area contributed by atoms with Crippen LogP contribution in [0.1, 0.15) is 0 Å². The molecule has 3 aromatic rings. The van der Waals surface area contributed by atoms with Crippen LogP contribution in [0.15, 0.2) is 40.4 Å². The Bertz CT molecular complexity index is 674. The molecule has 0 atom stereocenters. The zero-order valence-corrected chi connectivity index (χ0v) is 11.6. The number of nitrogens with two attached hydrogens (primary N) is 1. The summed E-state index contributed by atoms with van der Waals surface area (Å²) in [6.45, 7) is 0. The second-order valence-electron chi connectivity index (χ2n) is 3.70. The number of hydrogen-bond donors (Lipinski definition) is 2. The minimum Gasteiger partial charge on any atom is -0.382 e. The van der Waals surface area contributed by atoms with Crippen molar-refractivity contribution in [2.75, 3.05) is 5.73 Å². The topological polar surface area (TPSA) is 67.6 Å². The number of anilines is 1. The lowest BCUT2D eigenvalue weighted by Crippen LogP contribution is -1.88. The number of aromatic amines is 1. The van der Waals surface area contributed by atoms with Crippen LogP contribution in [0, 0.1) is 0 Å². The molecule has 3 N–H and O–H groups in total.